The number of carbonyl (C=O) groups excluding carboxylic acids is 2. The van der Waals surface area contributed by atoms with Gasteiger partial charge in [-0.05, 0) is 25.0 Å². The highest BCUT2D eigenvalue weighted by atomic mass is 32.2. The second-order valence-electron chi connectivity index (χ2n) is 5.46. The van der Waals surface area contributed by atoms with Crippen molar-refractivity contribution in [3.8, 4) is 0 Å². The lowest BCUT2D eigenvalue weighted by atomic mass is 10.1. The Hall–Kier alpha value is -1.63. The molecule has 1 aromatic carbocycles. The van der Waals surface area contributed by atoms with Crippen LogP contribution in [0.1, 0.15) is 18.9 Å². The molecule has 0 unspecified atom stereocenters. The Morgan fingerprint density at radius 1 is 1.30 bits per heavy atom. The predicted octanol–water partition coefficient (Wildman–Crippen LogP) is 1.98. The third-order valence-corrected chi connectivity index (χ3v) is 4.65. The van der Waals surface area contributed by atoms with E-state index in [-0.39, 0.29) is 30.2 Å². The van der Waals surface area contributed by atoms with Crippen molar-refractivity contribution in [2.45, 2.75) is 25.8 Å². The van der Waals surface area contributed by atoms with Crippen LogP contribution in [0.15, 0.2) is 18.2 Å². The molecule has 0 aromatic heterocycles. The van der Waals surface area contributed by atoms with Gasteiger partial charge < -0.3 is 10.2 Å². The number of rotatable bonds is 5. The molecule has 1 heterocycles. The molecule has 0 bridgehead atoms. The van der Waals surface area contributed by atoms with Crippen molar-refractivity contribution >= 4 is 23.6 Å². The number of amides is 2. The minimum atomic E-state index is -0.659. The van der Waals surface area contributed by atoms with Crippen LogP contribution in [0.25, 0.3) is 0 Å². The lowest BCUT2D eigenvalue weighted by Gasteiger charge is -2.29. The summed E-state index contributed by atoms with van der Waals surface area (Å²) in [6, 6.07) is 2.70. The molecule has 0 radical (unpaired) electrons. The van der Waals surface area contributed by atoms with E-state index in [1.54, 1.807) is 23.6 Å². The van der Waals surface area contributed by atoms with Crippen LogP contribution in [0, 0.1) is 11.6 Å². The molecule has 2 amide bonds. The molecule has 0 spiro atoms. The van der Waals surface area contributed by atoms with E-state index in [9.17, 15) is 18.4 Å². The number of benzene rings is 1. The minimum Gasteiger partial charge on any atom is -0.345 e. The average Bonchev–Trinajstić information content (AvgIpc) is 2.54. The maximum atomic E-state index is 13.5. The Labute approximate surface area is 138 Å². The van der Waals surface area contributed by atoms with Crippen molar-refractivity contribution in [1.29, 1.82) is 0 Å². The molecule has 1 saturated heterocycles. The van der Waals surface area contributed by atoms with Crippen LogP contribution in [0.2, 0.25) is 0 Å². The van der Waals surface area contributed by atoms with Gasteiger partial charge in [0.05, 0.1) is 0 Å². The van der Waals surface area contributed by atoms with E-state index in [4.69, 9.17) is 0 Å². The van der Waals surface area contributed by atoms with Crippen LogP contribution < -0.4 is 5.32 Å². The van der Waals surface area contributed by atoms with Crippen LogP contribution in [0.4, 0.5) is 8.78 Å². The lowest BCUT2D eigenvalue weighted by molar-refractivity contribution is -0.135. The highest BCUT2D eigenvalue weighted by Crippen LogP contribution is 2.12. The Balaban J connectivity index is 1.80. The Kier molecular flexibility index (Phi) is 6.38. The fourth-order valence-electron chi connectivity index (χ4n) is 2.41. The Morgan fingerprint density at radius 3 is 2.65 bits per heavy atom. The van der Waals surface area contributed by atoms with Crippen LogP contribution in [0.3, 0.4) is 0 Å². The van der Waals surface area contributed by atoms with Crippen molar-refractivity contribution in [3.05, 3.63) is 35.4 Å². The van der Waals surface area contributed by atoms with Crippen LogP contribution in [-0.4, -0.2) is 47.4 Å². The topological polar surface area (TPSA) is 49.4 Å². The van der Waals surface area contributed by atoms with Crippen molar-refractivity contribution in [3.63, 3.8) is 0 Å². The molecular weight excluding hydrogens is 322 g/mol. The van der Waals surface area contributed by atoms with Gasteiger partial charge in [0, 0.05) is 37.1 Å². The number of aryl methyl sites for hydroxylation is 1. The summed E-state index contributed by atoms with van der Waals surface area (Å²) in [4.78, 5) is 25.9. The summed E-state index contributed by atoms with van der Waals surface area (Å²) >= 11 is 1.81. The standard InChI is InChI=1S/C16H20F2N2O2S/c1-11(16(22)20-6-8-23-9-7-20)19-15(21)5-3-12-2-4-13(17)10-14(12)18/h2,4,10-11H,3,5-9H2,1H3,(H,19,21)/t11-/m0/s1. The van der Waals surface area contributed by atoms with E-state index >= 15 is 0 Å². The van der Waals surface area contributed by atoms with E-state index < -0.39 is 17.7 Å². The maximum Gasteiger partial charge on any atom is 0.244 e. The second-order valence-corrected chi connectivity index (χ2v) is 6.69. The van der Waals surface area contributed by atoms with Gasteiger partial charge in [-0.1, -0.05) is 6.07 Å². The molecule has 1 atom stereocenters. The van der Waals surface area contributed by atoms with Crippen molar-refractivity contribution in [1.82, 2.24) is 10.2 Å². The van der Waals surface area contributed by atoms with Crippen LogP contribution in [-0.2, 0) is 16.0 Å². The molecule has 23 heavy (non-hydrogen) atoms. The molecule has 4 nitrogen and oxygen atoms in total. The number of halogens is 2. The van der Waals surface area contributed by atoms with Crippen LogP contribution >= 0.6 is 11.8 Å². The van der Waals surface area contributed by atoms with Gasteiger partial charge in [-0.2, -0.15) is 11.8 Å². The number of nitrogens with zero attached hydrogens (tertiary/aromatic N) is 1. The first-order valence-electron chi connectivity index (χ1n) is 7.57. The smallest absolute Gasteiger partial charge is 0.244 e. The van der Waals surface area contributed by atoms with E-state index in [1.165, 1.54) is 6.07 Å². The molecule has 1 fully saturated rings. The summed E-state index contributed by atoms with van der Waals surface area (Å²) in [5.74, 6) is 0.113. The maximum absolute atomic E-state index is 13.5. The summed E-state index contributed by atoms with van der Waals surface area (Å²) in [7, 11) is 0. The molecule has 126 valence electrons. The monoisotopic (exact) mass is 342 g/mol. The summed E-state index contributed by atoms with van der Waals surface area (Å²) in [6.45, 7) is 3.05. The predicted molar refractivity (Wildman–Crippen MR) is 86.2 cm³/mol. The molecule has 7 heteroatoms. The summed E-state index contributed by atoms with van der Waals surface area (Å²) in [5, 5.41) is 2.64. The molecule has 1 aromatic rings. The van der Waals surface area contributed by atoms with E-state index in [2.05, 4.69) is 5.32 Å². The van der Waals surface area contributed by atoms with E-state index in [0.717, 1.165) is 23.6 Å². The quantitative estimate of drug-likeness (QED) is 0.890. The molecule has 1 aliphatic rings. The number of thioether (sulfide) groups is 1. The summed E-state index contributed by atoms with van der Waals surface area (Å²) in [6.07, 6.45) is 0.217. The van der Waals surface area contributed by atoms with Gasteiger partial charge >= 0.3 is 0 Å². The zero-order chi connectivity index (χ0) is 16.8. The molecular formula is C16H20F2N2O2S. The Morgan fingerprint density at radius 2 is 2.00 bits per heavy atom. The van der Waals surface area contributed by atoms with E-state index in [1.807, 2.05) is 0 Å². The van der Waals surface area contributed by atoms with Gasteiger partial charge in [-0.15, -0.1) is 0 Å². The SMILES string of the molecule is C[C@H](NC(=O)CCc1ccc(F)cc1F)C(=O)N1CCSCC1. The number of hydrogen-bond donors (Lipinski definition) is 1. The zero-order valence-corrected chi connectivity index (χ0v) is 13.8. The molecule has 1 aliphatic heterocycles. The third kappa shape index (κ3) is 5.20. The van der Waals surface area contributed by atoms with Gasteiger partial charge in [-0.3, -0.25) is 9.59 Å². The first-order chi connectivity index (χ1) is 11.0. The Bertz CT molecular complexity index is 577. The summed E-state index contributed by atoms with van der Waals surface area (Å²) < 4.78 is 26.3. The fraction of sp³-hybridized carbons (Fsp3) is 0.500. The minimum absolute atomic E-state index is 0.0516. The first-order valence-corrected chi connectivity index (χ1v) is 8.72. The van der Waals surface area contributed by atoms with Gasteiger partial charge in [0.1, 0.15) is 17.7 Å². The number of carbonyl (C=O) groups is 2. The molecule has 2 rings (SSSR count). The lowest BCUT2D eigenvalue weighted by Crippen LogP contribution is -2.49. The first kappa shape index (κ1) is 17.7. The summed E-state index contributed by atoms with van der Waals surface area (Å²) in [5.41, 5.74) is 0.286. The highest BCUT2D eigenvalue weighted by Gasteiger charge is 2.23. The van der Waals surface area contributed by atoms with E-state index in [0.29, 0.717) is 13.1 Å². The van der Waals surface area contributed by atoms with Gasteiger partial charge in [0.15, 0.2) is 0 Å². The number of hydrogen-bond acceptors (Lipinski definition) is 3. The zero-order valence-electron chi connectivity index (χ0n) is 13.0. The number of nitrogens with one attached hydrogen (secondary N) is 1. The van der Waals surface area contributed by atoms with Gasteiger partial charge in [0.2, 0.25) is 11.8 Å². The van der Waals surface area contributed by atoms with Gasteiger partial charge in [0.25, 0.3) is 0 Å². The van der Waals surface area contributed by atoms with Gasteiger partial charge in [-0.25, -0.2) is 8.78 Å². The highest BCUT2D eigenvalue weighted by molar-refractivity contribution is 7.99. The fourth-order valence-corrected chi connectivity index (χ4v) is 3.31. The molecule has 0 saturated carbocycles. The molecule has 0 aliphatic carbocycles. The van der Waals surface area contributed by atoms with Crippen LogP contribution in [0.5, 0.6) is 0 Å². The average molecular weight is 342 g/mol. The normalized spacial score (nSPS) is 16.0. The van der Waals surface area contributed by atoms with Crippen molar-refractivity contribution in [2.24, 2.45) is 0 Å². The molecule has 1 N–H and O–H groups in total. The third-order valence-electron chi connectivity index (χ3n) is 3.71. The van der Waals surface area contributed by atoms with Crippen molar-refractivity contribution < 1.29 is 18.4 Å². The van der Waals surface area contributed by atoms with Crippen molar-refractivity contribution in [2.75, 3.05) is 24.6 Å². The second kappa shape index (κ2) is 8.29. The largest absolute Gasteiger partial charge is 0.345 e.